The van der Waals surface area contributed by atoms with Crippen molar-refractivity contribution >= 4 is 21.4 Å². The summed E-state index contributed by atoms with van der Waals surface area (Å²) in [6.07, 6.45) is 0. The number of hydrogen-bond donors (Lipinski definition) is 1. The summed E-state index contributed by atoms with van der Waals surface area (Å²) < 4.78 is 24.3. The molecule has 1 N–H and O–H groups in total. The first kappa shape index (κ1) is 15.5. The molecule has 1 aromatic rings. The Hall–Kier alpha value is -1.40. The topological polar surface area (TPSA) is 58.9 Å². The van der Waals surface area contributed by atoms with Gasteiger partial charge >= 0.3 is 0 Å². The largest absolute Gasteiger partial charge is 0.322 e. The number of fused-ring (bicyclic) bond motifs is 1. The lowest BCUT2D eigenvalue weighted by molar-refractivity contribution is -0.920. The van der Waals surface area contributed by atoms with Crippen LogP contribution in [0.15, 0.2) is 30.3 Å². The van der Waals surface area contributed by atoms with Gasteiger partial charge in [-0.25, -0.2) is 8.42 Å². The summed E-state index contributed by atoms with van der Waals surface area (Å²) in [5.41, 5.74) is 0.809. The number of quaternary nitrogens is 1. The maximum atomic E-state index is 12.7. The Morgan fingerprint density at radius 2 is 1.91 bits per heavy atom. The van der Waals surface area contributed by atoms with Crippen LogP contribution in [-0.2, 0) is 14.6 Å². The molecular formula is C16H23N2O3S+. The van der Waals surface area contributed by atoms with Gasteiger partial charge in [-0.2, -0.15) is 0 Å². The number of benzene rings is 1. The Bertz CT molecular complexity index is 657. The van der Waals surface area contributed by atoms with E-state index in [0.717, 1.165) is 17.1 Å². The molecular weight excluding hydrogens is 300 g/mol. The smallest absolute Gasteiger partial charge is 0.282 e. The van der Waals surface area contributed by atoms with Gasteiger partial charge in [0.05, 0.1) is 12.3 Å². The molecule has 1 unspecified atom stereocenters. The quantitative estimate of drug-likeness (QED) is 0.834. The van der Waals surface area contributed by atoms with E-state index in [1.807, 2.05) is 30.3 Å². The van der Waals surface area contributed by atoms with Crippen LogP contribution >= 0.6 is 0 Å². The van der Waals surface area contributed by atoms with Crippen molar-refractivity contribution < 1.29 is 18.1 Å². The van der Waals surface area contributed by atoms with Crippen LogP contribution in [0.4, 0.5) is 5.69 Å². The van der Waals surface area contributed by atoms with E-state index in [1.54, 1.807) is 4.90 Å². The lowest BCUT2D eigenvalue weighted by Crippen LogP contribution is -3.20. The molecule has 0 aromatic heterocycles. The van der Waals surface area contributed by atoms with Gasteiger partial charge < -0.3 is 4.90 Å². The molecule has 22 heavy (non-hydrogen) atoms. The third-order valence-corrected chi connectivity index (χ3v) is 6.25. The SMILES string of the molecule is CC(C)C[NH+]1CC(=O)N(c2ccccc2)[C@H]2CS(=O)(=O)C[C@@H]21. The van der Waals surface area contributed by atoms with Gasteiger partial charge in [0.1, 0.15) is 17.8 Å². The van der Waals surface area contributed by atoms with Crippen LogP contribution in [-0.4, -0.2) is 51.0 Å². The summed E-state index contributed by atoms with van der Waals surface area (Å²) in [5.74, 6) is 0.742. The van der Waals surface area contributed by atoms with E-state index < -0.39 is 9.84 Å². The molecule has 0 saturated carbocycles. The van der Waals surface area contributed by atoms with Crippen molar-refractivity contribution in [3.63, 3.8) is 0 Å². The van der Waals surface area contributed by atoms with Gasteiger partial charge in [0, 0.05) is 11.6 Å². The number of nitrogens with one attached hydrogen (secondary N) is 1. The van der Waals surface area contributed by atoms with E-state index in [1.165, 1.54) is 0 Å². The van der Waals surface area contributed by atoms with Crippen LogP contribution in [0.2, 0.25) is 0 Å². The number of nitrogens with zero attached hydrogens (tertiary/aromatic N) is 1. The molecule has 2 aliphatic heterocycles. The van der Waals surface area contributed by atoms with Crippen molar-refractivity contribution in [2.45, 2.75) is 25.9 Å². The molecule has 3 atom stereocenters. The lowest BCUT2D eigenvalue weighted by Gasteiger charge is -2.41. The number of hydrogen-bond acceptors (Lipinski definition) is 3. The summed E-state index contributed by atoms with van der Waals surface area (Å²) in [4.78, 5) is 15.5. The predicted molar refractivity (Wildman–Crippen MR) is 85.7 cm³/mol. The number of sulfone groups is 1. The molecule has 120 valence electrons. The van der Waals surface area contributed by atoms with Crippen LogP contribution < -0.4 is 9.80 Å². The molecule has 0 radical (unpaired) electrons. The Morgan fingerprint density at radius 3 is 2.55 bits per heavy atom. The molecule has 3 rings (SSSR count). The van der Waals surface area contributed by atoms with E-state index >= 15 is 0 Å². The summed E-state index contributed by atoms with van der Waals surface area (Å²) >= 11 is 0. The van der Waals surface area contributed by atoms with Gasteiger partial charge in [0.25, 0.3) is 5.91 Å². The monoisotopic (exact) mass is 323 g/mol. The predicted octanol–water partition coefficient (Wildman–Crippen LogP) is -0.260. The van der Waals surface area contributed by atoms with Crippen LogP contribution in [0.25, 0.3) is 0 Å². The molecule has 0 spiro atoms. The summed E-state index contributed by atoms with van der Waals surface area (Å²) in [7, 11) is -3.08. The third-order valence-electron chi connectivity index (χ3n) is 4.53. The highest BCUT2D eigenvalue weighted by Crippen LogP contribution is 2.25. The Balaban J connectivity index is 1.96. The zero-order valence-electron chi connectivity index (χ0n) is 13.0. The second-order valence-corrected chi connectivity index (χ2v) is 8.94. The van der Waals surface area contributed by atoms with Gasteiger partial charge in [-0.3, -0.25) is 9.69 Å². The highest BCUT2D eigenvalue weighted by atomic mass is 32.2. The fourth-order valence-electron chi connectivity index (χ4n) is 3.74. The number of amides is 1. The molecule has 1 aromatic carbocycles. The standard InChI is InChI=1S/C16H22N2O3S/c1-12(2)8-17-9-16(19)18(13-6-4-3-5-7-13)15-11-22(20,21)10-14(15)17/h3-7,12,14-15H,8-11H2,1-2H3/p+1/t14-,15-/m0/s1. The lowest BCUT2D eigenvalue weighted by atomic mass is 10.0. The van der Waals surface area contributed by atoms with Gasteiger partial charge in [-0.1, -0.05) is 32.0 Å². The molecule has 2 aliphatic rings. The van der Waals surface area contributed by atoms with E-state index in [9.17, 15) is 13.2 Å². The van der Waals surface area contributed by atoms with Crippen LogP contribution in [0, 0.1) is 5.92 Å². The minimum atomic E-state index is -3.08. The van der Waals surface area contributed by atoms with Crippen molar-refractivity contribution in [2.24, 2.45) is 5.92 Å². The fourth-order valence-corrected chi connectivity index (χ4v) is 5.78. The zero-order valence-corrected chi connectivity index (χ0v) is 13.8. The zero-order chi connectivity index (χ0) is 15.9. The molecule has 5 nitrogen and oxygen atoms in total. The second-order valence-electron chi connectivity index (χ2n) is 6.78. The van der Waals surface area contributed by atoms with Crippen molar-refractivity contribution in [3.05, 3.63) is 30.3 Å². The fraction of sp³-hybridized carbons (Fsp3) is 0.562. The van der Waals surface area contributed by atoms with E-state index in [0.29, 0.717) is 12.5 Å². The minimum absolute atomic E-state index is 0.00898. The molecule has 6 heteroatoms. The molecule has 2 saturated heterocycles. The molecule has 0 bridgehead atoms. The highest BCUT2D eigenvalue weighted by molar-refractivity contribution is 7.91. The minimum Gasteiger partial charge on any atom is -0.322 e. The van der Waals surface area contributed by atoms with Crippen molar-refractivity contribution in [1.29, 1.82) is 0 Å². The van der Waals surface area contributed by atoms with Gasteiger partial charge in [-0.05, 0) is 12.1 Å². The Morgan fingerprint density at radius 1 is 1.23 bits per heavy atom. The van der Waals surface area contributed by atoms with Gasteiger partial charge in [0.2, 0.25) is 0 Å². The van der Waals surface area contributed by atoms with E-state index in [2.05, 4.69) is 13.8 Å². The highest BCUT2D eigenvalue weighted by Gasteiger charge is 2.52. The van der Waals surface area contributed by atoms with Gasteiger partial charge in [0.15, 0.2) is 16.4 Å². The van der Waals surface area contributed by atoms with Crippen molar-refractivity contribution in [2.75, 3.05) is 29.5 Å². The first-order valence-electron chi connectivity index (χ1n) is 7.79. The molecule has 2 heterocycles. The maximum absolute atomic E-state index is 12.7. The Labute approximate surface area is 131 Å². The van der Waals surface area contributed by atoms with Crippen molar-refractivity contribution in [1.82, 2.24) is 0 Å². The Kier molecular flexibility index (Phi) is 3.99. The maximum Gasteiger partial charge on any atom is 0.282 e. The number of carbonyl (C=O) groups excluding carboxylic acids is 1. The van der Waals surface area contributed by atoms with Crippen LogP contribution in [0.1, 0.15) is 13.8 Å². The van der Waals surface area contributed by atoms with E-state index in [4.69, 9.17) is 0 Å². The van der Waals surface area contributed by atoms with Crippen molar-refractivity contribution in [3.8, 4) is 0 Å². The summed E-state index contributed by atoms with van der Waals surface area (Å²) in [5, 5.41) is 0. The number of anilines is 1. The average molecular weight is 323 g/mol. The second kappa shape index (κ2) is 5.66. The average Bonchev–Trinajstić information content (AvgIpc) is 2.75. The summed E-state index contributed by atoms with van der Waals surface area (Å²) in [6, 6.07) is 9.19. The van der Waals surface area contributed by atoms with Crippen LogP contribution in [0.3, 0.4) is 0 Å². The number of piperazine rings is 1. The number of carbonyl (C=O) groups is 1. The first-order chi connectivity index (χ1) is 10.4. The van der Waals surface area contributed by atoms with Gasteiger partial charge in [-0.15, -0.1) is 0 Å². The number of rotatable bonds is 3. The first-order valence-corrected chi connectivity index (χ1v) is 9.61. The van der Waals surface area contributed by atoms with E-state index in [-0.39, 0.29) is 29.5 Å². The summed E-state index contributed by atoms with van der Waals surface area (Å²) in [6.45, 7) is 5.44. The number of para-hydroxylation sites is 1. The van der Waals surface area contributed by atoms with Crippen LogP contribution in [0.5, 0.6) is 0 Å². The third kappa shape index (κ3) is 2.90. The molecule has 1 amide bonds. The normalized spacial score (nSPS) is 30.6. The molecule has 2 fully saturated rings. The molecule has 0 aliphatic carbocycles.